The molecule has 4 nitrogen and oxygen atoms in total. The Labute approximate surface area is 138 Å². The van der Waals surface area contributed by atoms with Crippen LogP contribution in [0.5, 0.6) is 0 Å². The van der Waals surface area contributed by atoms with Gasteiger partial charge in [0.2, 0.25) is 0 Å². The molecule has 0 spiro atoms. The number of benzene rings is 1. The molecule has 0 atom stereocenters. The van der Waals surface area contributed by atoms with Crippen molar-refractivity contribution in [2.75, 3.05) is 0 Å². The summed E-state index contributed by atoms with van der Waals surface area (Å²) in [5.41, 5.74) is 9.15. The van der Waals surface area contributed by atoms with Gasteiger partial charge in [0.15, 0.2) is 0 Å². The van der Waals surface area contributed by atoms with E-state index >= 15 is 0 Å². The Morgan fingerprint density at radius 3 is 2.96 bits per heavy atom. The molecule has 0 radical (unpaired) electrons. The molecule has 0 amide bonds. The van der Waals surface area contributed by atoms with E-state index < -0.39 is 5.82 Å². The molecule has 1 aromatic heterocycles. The van der Waals surface area contributed by atoms with E-state index in [-0.39, 0.29) is 17.2 Å². The summed E-state index contributed by atoms with van der Waals surface area (Å²) in [5, 5.41) is 0.0767. The summed E-state index contributed by atoms with van der Waals surface area (Å²) < 4.78 is 13.1. The molecule has 0 unspecified atom stereocenters. The SMILES string of the molecule is NC1=NCc2cc(CC(=O)CCc3ccc(F)c(Cl)c3)ncc21. The number of hydrogen-bond donors (Lipinski definition) is 1. The van der Waals surface area contributed by atoms with Gasteiger partial charge in [-0.25, -0.2) is 4.39 Å². The normalized spacial score (nSPS) is 12.9. The second kappa shape index (κ2) is 6.46. The highest BCUT2D eigenvalue weighted by atomic mass is 35.5. The molecule has 2 aromatic rings. The maximum absolute atomic E-state index is 13.1. The van der Waals surface area contributed by atoms with Crippen molar-refractivity contribution in [2.45, 2.75) is 25.8 Å². The van der Waals surface area contributed by atoms with Crippen molar-refractivity contribution in [2.24, 2.45) is 10.7 Å². The van der Waals surface area contributed by atoms with Crippen LogP contribution in [0, 0.1) is 5.82 Å². The van der Waals surface area contributed by atoms with Gasteiger partial charge < -0.3 is 5.73 Å². The second-order valence-electron chi connectivity index (χ2n) is 5.50. The lowest BCUT2D eigenvalue weighted by Gasteiger charge is -2.05. The fraction of sp³-hybridized carbons (Fsp3) is 0.235. The average Bonchev–Trinajstić information content (AvgIpc) is 2.89. The van der Waals surface area contributed by atoms with Crippen molar-refractivity contribution in [3.63, 3.8) is 0 Å². The van der Waals surface area contributed by atoms with Crippen LogP contribution in [0.25, 0.3) is 0 Å². The van der Waals surface area contributed by atoms with Crippen LogP contribution in [0.2, 0.25) is 5.02 Å². The van der Waals surface area contributed by atoms with Crippen LogP contribution in [-0.2, 0) is 24.2 Å². The minimum Gasteiger partial charge on any atom is -0.383 e. The van der Waals surface area contributed by atoms with E-state index in [9.17, 15) is 9.18 Å². The number of aryl methyl sites for hydroxylation is 1. The number of rotatable bonds is 5. The summed E-state index contributed by atoms with van der Waals surface area (Å²) in [6, 6.07) is 6.39. The lowest BCUT2D eigenvalue weighted by Crippen LogP contribution is -2.12. The molecule has 0 fully saturated rings. The molecule has 2 N–H and O–H groups in total. The minimum absolute atomic E-state index is 0.0739. The van der Waals surface area contributed by atoms with Crippen molar-refractivity contribution in [1.82, 2.24) is 4.98 Å². The summed E-state index contributed by atoms with van der Waals surface area (Å²) in [6.45, 7) is 0.541. The molecule has 0 bridgehead atoms. The monoisotopic (exact) mass is 331 g/mol. The van der Waals surface area contributed by atoms with Gasteiger partial charge in [0.05, 0.1) is 11.6 Å². The van der Waals surface area contributed by atoms with Crippen LogP contribution in [0.4, 0.5) is 4.39 Å². The predicted octanol–water partition coefficient (Wildman–Crippen LogP) is 2.84. The first-order chi connectivity index (χ1) is 11.0. The summed E-state index contributed by atoms with van der Waals surface area (Å²) in [6.07, 6.45) is 2.82. The Hall–Kier alpha value is -2.27. The summed E-state index contributed by atoms with van der Waals surface area (Å²) in [4.78, 5) is 20.5. The molecule has 0 aliphatic carbocycles. The van der Waals surface area contributed by atoms with Crippen LogP contribution in [0.1, 0.15) is 28.8 Å². The van der Waals surface area contributed by atoms with Crippen molar-refractivity contribution >= 4 is 23.2 Å². The first kappa shape index (κ1) is 15.6. The zero-order chi connectivity index (χ0) is 16.4. The molecule has 3 rings (SSSR count). The van der Waals surface area contributed by atoms with Crippen LogP contribution in [0.15, 0.2) is 35.5 Å². The molecular weight excluding hydrogens is 317 g/mol. The van der Waals surface area contributed by atoms with Crippen LogP contribution in [-0.4, -0.2) is 16.6 Å². The van der Waals surface area contributed by atoms with Crippen molar-refractivity contribution in [3.05, 3.63) is 63.7 Å². The van der Waals surface area contributed by atoms with E-state index in [4.69, 9.17) is 17.3 Å². The third-order valence-corrected chi connectivity index (χ3v) is 4.09. The van der Waals surface area contributed by atoms with Crippen molar-refractivity contribution < 1.29 is 9.18 Å². The maximum atomic E-state index is 13.1. The van der Waals surface area contributed by atoms with E-state index in [1.165, 1.54) is 6.07 Å². The van der Waals surface area contributed by atoms with E-state index in [2.05, 4.69) is 9.98 Å². The molecule has 1 aliphatic rings. The molecular formula is C17H15ClFN3O. The Bertz CT molecular complexity index is 804. The van der Waals surface area contributed by atoms with E-state index in [1.807, 2.05) is 6.07 Å². The fourth-order valence-corrected chi connectivity index (χ4v) is 2.73. The largest absolute Gasteiger partial charge is 0.383 e. The highest BCUT2D eigenvalue weighted by Gasteiger charge is 2.15. The van der Waals surface area contributed by atoms with Crippen LogP contribution in [0.3, 0.4) is 0 Å². The first-order valence-electron chi connectivity index (χ1n) is 7.26. The van der Waals surface area contributed by atoms with Crippen LogP contribution < -0.4 is 5.73 Å². The predicted molar refractivity (Wildman–Crippen MR) is 87.1 cm³/mol. The Morgan fingerprint density at radius 1 is 1.35 bits per heavy atom. The van der Waals surface area contributed by atoms with Gasteiger partial charge in [0.1, 0.15) is 17.4 Å². The van der Waals surface area contributed by atoms with Gasteiger partial charge in [0.25, 0.3) is 0 Å². The third kappa shape index (κ3) is 3.56. The quantitative estimate of drug-likeness (QED) is 0.916. The number of nitrogens with zero attached hydrogens (tertiary/aromatic N) is 2. The van der Waals surface area contributed by atoms with E-state index in [1.54, 1.807) is 18.3 Å². The maximum Gasteiger partial charge on any atom is 0.141 e. The number of halogens is 2. The number of aromatic nitrogens is 1. The van der Waals surface area contributed by atoms with Gasteiger partial charge in [-0.3, -0.25) is 14.8 Å². The highest BCUT2D eigenvalue weighted by Crippen LogP contribution is 2.19. The van der Waals surface area contributed by atoms with Crippen molar-refractivity contribution in [3.8, 4) is 0 Å². The molecule has 1 aliphatic heterocycles. The van der Waals surface area contributed by atoms with Gasteiger partial charge in [-0.15, -0.1) is 0 Å². The average molecular weight is 332 g/mol. The third-order valence-electron chi connectivity index (χ3n) is 3.80. The Kier molecular flexibility index (Phi) is 4.39. The topological polar surface area (TPSA) is 68.3 Å². The molecule has 23 heavy (non-hydrogen) atoms. The number of amidine groups is 1. The second-order valence-corrected chi connectivity index (χ2v) is 5.91. The molecule has 0 saturated heterocycles. The van der Waals surface area contributed by atoms with Crippen LogP contribution >= 0.6 is 11.6 Å². The number of aliphatic imine (C=N–C) groups is 1. The molecule has 6 heteroatoms. The highest BCUT2D eigenvalue weighted by molar-refractivity contribution is 6.30. The van der Waals surface area contributed by atoms with Crippen molar-refractivity contribution in [1.29, 1.82) is 0 Å². The Morgan fingerprint density at radius 2 is 2.17 bits per heavy atom. The fourth-order valence-electron chi connectivity index (χ4n) is 2.53. The Balaban J connectivity index is 1.58. The molecule has 0 saturated carbocycles. The van der Waals surface area contributed by atoms with Gasteiger partial charge in [-0.1, -0.05) is 17.7 Å². The van der Waals surface area contributed by atoms with Gasteiger partial charge in [-0.2, -0.15) is 0 Å². The van der Waals surface area contributed by atoms with Gasteiger partial charge in [-0.05, 0) is 35.7 Å². The zero-order valence-electron chi connectivity index (χ0n) is 12.4. The summed E-state index contributed by atoms with van der Waals surface area (Å²) in [7, 11) is 0. The standard InChI is InChI=1S/C17H15ClFN3O/c18-15-5-10(2-4-16(15)19)1-3-13(23)7-12-6-11-8-22-17(20)14(11)9-21-12/h2,4-6,9H,1,3,7-8H2,(H2,20,22). The van der Waals surface area contributed by atoms with Gasteiger partial charge in [0, 0.05) is 30.3 Å². The number of carbonyl (C=O) groups excluding carboxylic acids is 1. The lowest BCUT2D eigenvalue weighted by atomic mass is 10.0. The number of Topliss-reactive ketones (excluding diaryl/α,β-unsaturated/α-hetero) is 1. The number of nitrogens with two attached hydrogens (primary N) is 1. The molecule has 118 valence electrons. The van der Waals surface area contributed by atoms with E-state index in [0.29, 0.717) is 25.2 Å². The number of fused-ring (bicyclic) bond motifs is 1. The van der Waals surface area contributed by atoms with Gasteiger partial charge >= 0.3 is 0 Å². The summed E-state index contributed by atoms with van der Waals surface area (Å²) in [5.74, 6) is 0.119. The first-order valence-corrected chi connectivity index (χ1v) is 7.64. The molecule has 2 heterocycles. The molecule has 1 aromatic carbocycles. The number of carbonyl (C=O) groups is 1. The summed E-state index contributed by atoms with van der Waals surface area (Å²) >= 11 is 5.73. The zero-order valence-corrected chi connectivity index (χ0v) is 13.1. The smallest absolute Gasteiger partial charge is 0.141 e. The lowest BCUT2D eigenvalue weighted by molar-refractivity contribution is -0.118. The number of ketones is 1. The number of pyridine rings is 1. The number of hydrogen-bond acceptors (Lipinski definition) is 4. The van der Waals surface area contributed by atoms with E-state index in [0.717, 1.165) is 22.4 Å². The minimum atomic E-state index is -0.453.